The molecule has 3 aromatic heterocycles. The number of hydrogen-bond acceptors (Lipinski definition) is 2. The second-order valence-corrected chi connectivity index (χ2v) is 19.2. The number of para-hydroxylation sites is 3. The van der Waals surface area contributed by atoms with E-state index in [4.69, 9.17) is 9.97 Å². The molecule has 0 amide bonds. The van der Waals surface area contributed by atoms with E-state index in [1.165, 1.54) is 48.9 Å². The molecular formula is C58H39F3N4. The number of aromatic nitrogens is 4. The minimum Gasteiger partial charge on any atom is -0.309 e. The van der Waals surface area contributed by atoms with Crippen molar-refractivity contribution in [2.24, 2.45) is 23.7 Å². The van der Waals surface area contributed by atoms with E-state index < -0.39 is 11.7 Å². The summed E-state index contributed by atoms with van der Waals surface area (Å²) < 4.78 is 46.2. The smallest absolute Gasteiger partial charge is 0.309 e. The first kappa shape index (κ1) is 36.1. The molecule has 5 atom stereocenters. The molecule has 0 saturated heterocycles. The average Bonchev–Trinajstić information content (AvgIpc) is 4.07. The van der Waals surface area contributed by atoms with Crippen molar-refractivity contribution in [2.75, 3.05) is 0 Å². The highest BCUT2D eigenvalue weighted by molar-refractivity contribution is 6.25. The van der Waals surface area contributed by atoms with Crippen LogP contribution in [0.1, 0.15) is 42.4 Å². The summed E-state index contributed by atoms with van der Waals surface area (Å²) in [6.07, 6.45) is 1.02. The zero-order valence-electron chi connectivity index (χ0n) is 35.1. The number of nitrogens with zero attached hydrogens (tertiary/aromatic N) is 4. The van der Waals surface area contributed by atoms with E-state index in [1.807, 2.05) is 24.3 Å². The lowest BCUT2D eigenvalue weighted by Gasteiger charge is -2.43. The van der Waals surface area contributed by atoms with E-state index in [9.17, 15) is 13.2 Å². The Morgan fingerprint density at radius 1 is 0.523 bits per heavy atom. The van der Waals surface area contributed by atoms with Crippen molar-refractivity contribution >= 4 is 65.4 Å². The second kappa shape index (κ2) is 12.5. The van der Waals surface area contributed by atoms with E-state index >= 15 is 0 Å². The highest BCUT2D eigenvalue weighted by Crippen LogP contribution is 2.73. The Hall–Kier alpha value is -7.25. The SMILES string of the molecule is FC(F)(F)c1ccc(-c2nc3ccccc3nc2-n2c3cc4c5ccccc5n(-c5ccc6c(c5)-c5ccccc5C65C6CC7CC(C6)C5C7)c4cc3c3c4ccccc4ccc32)cc1. The maximum atomic E-state index is 13.9. The lowest BCUT2D eigenvalue weighted by atomic mass is 9.59. The highest BCUT2D eigenvalue weighted by atomic mass is 19.4. The van der Waals surface area contributed by atoms with E-state index in [2.05, 4.69) is 124 Å². The van der Waals surface area contributed by atoms with E-state index in [0.29, 0.717) is 34.0 Å². The second-order valence-electron chi connectivity index (χ2n) is 19.2. The van der Waals surface area contributed by atoms with Crippen LogP contribution in [-0.4, -0.2) is 19.1 Å². The van der Waals surface area contributed by atoms with Gasteiger partial charge < -0.3 is 4.57 Å². The number of fused-ring (bicyclic) bond motifs is 12. The van der Waals surface area contributed by atoms with Gasteiger partial charge in [-0.1, -0.05) is 103 Å². The predicted molar refractivity (Wildman–Crippen MR) is 255 cm³/mol. The minimum atomic E-state index is -4.46. The number of benzene rings is 8. The highest BCUT2D eigenvalue weighted by Gasteiger charge is 2.65. The molecule has 312 valence electrons. The van der Waals surface area contributed by atoms with Crippen LogP contribution >= 0.6 is 0 Å². The van der Waals surface area contributed by atoms with Gasteiger partial charge >= 0.3 is 6.18 Å². The fraction of sp³-hybridized carbons (Fsp3) is 0.172. The molecular weight excluding hydrogens is 810 g/mol. The van der Waals surface area contributed by atoms with Crippen molar-refractivity contribution in [1.82, 2.24) is 19.1 Å². The lowest BCUT2D eigenvalue weighted by Crippen LogP contribution is -2.40. The van der Waals surface area contributed by atoms with Crippen LogP contribution in [0.25, 0.3) is 99.3 Å². The maximum Gasteiger partial charge on any atom is 0.416 e. The van der Waals surface area contributed by atoms with Gasteiger partial charge in [-0.3, -0.25) is 4.57 Å². The van der Waals surface area contributed by atoms with Crippen LogP contribution in [0, 0.1) is 23.7 Å². The molecule has 0 radical (unpaired) electrons. The predicted octanol–water partition coefficient (Wildman–Crippen LogP) is 15.0. The van der Waals surface area contributed by atoms with Crippen LogP contribution in [0.2, 0.25) is 0 Å². The zero-order chi connectivity index (χ0) is 42.9. The molecule has 0 aliphatic heterocycles. The van der Waals surface area contributed by atoms with E-state index in [-0.39, 0.29) is 5.41 Å². The molecule has 5 aliphatic carbocycles. The lowest BCUT2D eigenvalue weighted by molar-refractivity contribution is -0.137. The normalized spacial score (nSPS) is 21.9. The van der Waals surface area contributed by atoms with Gasteiger partial charge in [0.15, 0.2) is 5.82 Å². The molecule has 7 heteroatoms. The molecule has 0 N–H and O–H groups in total. The van der Waals surface area contributed by atoms with E-state index in [1.54, 1.807) is 11.1 Å². The van der Waals surface area contributed by atoms with Gasteiger partial charge in [0.2, 0.25) is 0 Å². The van der Waals surface area contributed by atoms with Gasteiger partial charge in [-0.05, 0) is 143 Å². The Bertz CT molecular complexity index is 3870. The van der Waals surface area contributed by atoms with Crippen LogP contribution in [0.5, 0.6) is 0 Å². The minimum absolute atomic E-state index is 0.114. The fourth-order valence-corrected chi connectivity index (χ4v) is 14.0. The van der Waals surface area contributed by atoms with Gasteiger partial charge in [-0.25, -0.2) is 9.97 Å². The monoisotopic (exact) mass is 848 g/mol. The van der Waals surface area contributed by atoms with Crippen LogP contribution < -0.4 is 0 Å². The third-order valence-electron chi connectivity index (χ3n) is 16.3. The summed E-state index contributed by atoms with van der Waals surface area (Å²) in [6.45, 7) is 0. The summed E-state index contributed by atoms with van der Waals surface area (Å²) in [7, 11) is 0. The van der Waals surface area contributed by atoms with Crippen LogP contribution in [0.15, 0.2) is 164 Å². The van der Waals surface area contributed by atoms with Crippen molar-refractivity contribution in [3.63, 3.8) is 0 Å². The van der Waals surface area contributed by atoms with Crippen molar-refractivity contribution in [3.05, 3.63) is 180 Å². The van der Waals surface area contributed by atoms with Gasteiger partial charge in [0, 0.05) is 38.2 Å². The Balaban J connectivity index is 1.02. The first-order valence-corrected chi connectivity index (χ1v) is 22.9. The summed E-state index contributed by atoms with van der Waals surface area (Å²) in [5, 5.41) is 6.62. The van der Waals surface area contributed by atoms with Crippen molar-refractivity contribution in [2.45, 2.75) is 37.3 Å². The Morgan fingerprint density at radius 3 is 2.09 bits per heavy atom. The Kier molecular flexibility index (Phi) is 6.95. The third kappa shape index (κ3) is 4.68. The largest absolute Gasteiger partial charge is 0.416 e. The topological polar surface area (TPSA) is 35.6 Å². The summed E-state index contributed by atoms with van der Waals surface area (Å²) >= 11 is 0. The third-order valence-corrected chi connectivity index (χ3v) is 16.3. The molecule has 4 saturated carbocycles. The fourth-order valence-electron chi connectivity index (χ4n) is 14.0. The van der Waals surface area contributed by atoms with Gasteiger partial charge in [0.05, 0.1) is 38.7 Å². The molecule has 4 nitrogen and oxygen atoms in total. The number of rotatable bonds is 3. The quantitative estimate of drug-likeness (QED) is 0.178. The van der Waals surface area contributed by atoms with Gasteiger partial charge in [-0.15, -0.1) is 0 Å². The number of hydrogen-bond donors (Lipinski definition) is 0. The van der Waals surface area contributed by atoms with Crippen LogP contribution in [-0.2, 0) is 11.6 Å². The average molecular weight is 849 g/mol. The van der Waals surface area contributed by atoms with Gasteiger partial charge in [0.25, 0.3) is 0 Å². The Morgan fingerprint density at radius 2 is 1.25 bits per heavy atom. The first-order chi connectivity index (χ1) is 31.8. The molecule has 5 aliphatic rings. The Labute approximate surface area is 371 Å². The molecule has 16 rings (SSSR count). The van der Waals surface area contributed by atoms with E-state index in [0.717, 1.165) is 90.0 Å². The molecule has 1 spiro atoms. The van der Waals surface area contributed by atoms with Gasteiger partial charge in [0.1, 0.15) is 5.69 Å². The maximum absolute atomic E-state index is 13.9. The number of alkyl halides is 3. The molecule has 4 fully saturated rings. The first-order valence-electron chi connectivity index (χ1n) is 22.9. The van der Waals surface area contributed by atoms with Crippen molar-refractivity contribution < 1.29 is 13.2 Å². The summed E-state index contributed by atoms with van der Waals surface area (Å²) in [5.41, 5.74) is 13.0. The molecule has 3 heterocycles. The molecule has 5 unspecified atom stereocenters. The standard InChI is InChI=1S/C58H39F3N4/c59-58(60,61)36-20-17-34(18-21-36)55-56(63-49-15-7-6-14-48(49)62-55)65-51-24-19-33-9-1-2-10-39(33)54(51)44-31-52-43(30-53(44)65)41-12-4-8-16-50(41)64(52)38-22-23-46-42(29-38)40-11-3-5-13-45(40)57(46)37-26-32-25-35(28-37)47(57)27-32/h1-24,29-32,35,37,47H,25-28H2. The van der Waals surface area contributed by atoms with Crippen molar-refractivity contribution in [1.29, 1.82) is 0 Å². The van der Waals surface area contributed by atoms with Crippen LogP contribution in [0.4, 0.5) is 13.2 Å². The summed E-state index contributed by atoms with van der Waals surface area (Å²) in [4.78, 5) is 10.5. The molecule has 11 aromatic rings. The number of halogens is 3. The van der Waals surface area contributed by atoms with Crippen LogP contribution in [0.3, 0.4) is 0 Å². The zero-order valence-corrected chi connectivity index (χ0v) is 35.1. The molecule has 65 heavy (non-hydrogen) atoms. The molecule has 8 aromatic carbocycles. The summed E-state index contributed by atoms with van der Waals surface area (Å²) in [6, 6.07) is 55.8. The summed E-state index contributed by atoms with van der Waals surface area (Å²) in [5.74, 6) is 3.72. The molecule has 4 bridgehead atoms. The van der Waals surface area contributed by atoms with Gasteiger partial charge in [-0.2, -0.15) is 13.2 Å². The van der Waals surface area contributed by atoms with Crippen molar-refractivity contribution in [3.8, 4) is 33.9 Å².